The first-order chi connectivity index (χ1) is 14.8. The third kappa shape index (κ3) is 25.8. The molecule has 0 radical (unpaired) electrons. The molecule has 0 aromatic carbocycles. The monoisotopic (exact) mass is 420 g/mol. The van der Waals surface area contributed by atoms with E-state index in [1.54, 1.807) is 0 Å². The van der Waals surface area contributed by atoms with Crippen LogP contribution in [0.3, 0.4) is 0 Å². The lowest BCUT2D eigenvalue weighted by Gasteiger charge is -2.09. The molecule has 1 unspecified atom stereocenters. The summed E-state index contributed by atoms with van der Waals surface area (Å²) < 4.78 is 0. The Morgan fingerprint density at radius 1 is 0.400 bits per heavy atom. The lowest BCUT2D eigenvalue weighted by molar-refractivity contribution is 0.456. The number of rotatable bonds is 25. The van der Waals surface area contributed by atoms with Crippen molar-refractivity contribution in [2.75, 3.05) is 0 Å². The average Bonchev–Trinajstić information content (AvgIpc) is 2.75. The van der Waals surface area contributed by atoms with Crippen molar-refractivity contribution in [1.82, 2.24) is 0 Å². The van der Waals surface area contributed by atoms with Crippen LogP contribution in [-0.2, 0) is 0 Å². The summed E-state index contributed by atoms with van der Waals surface area (Å²) in [4.78, 5) is 0. The Morgan fingerprint density at radius 3 is 1.23 bits per heavy atom. The van der Waals surface area contributed by atoms with Gasteiger partial charge in [-0.25, -0.2) is 0 Å². The summed E-state index contributed by atoms with van der Waals surface area (Å²) in [5.41, 5.74) is 0. The van der Waals surface area contributed by atoms with Crippen molar-refractivity contribution in [1.29, 1.82) is 0 Å². The largest absolute Gasteiger partial charge is 0.0885 e. The topological polar surface area (TPSA) is 0 Å². The Labute approximate surface area is 193 Å². The molecule has 0 aromatic heterocycles. The third-order valence-corrected chi connectivity index (χ3v) is 6.77. The van der Waals surface area contributed by atoms with E-state index in [1.165, 1.54) is 154 Å². The second-order valence-electron chi connectivity index (χ2n) is 10.1. The molecule has 0 amide bonds. The van der Waals surface area contributed by atoms with Gasteiger partial charge in [-0.1, -0.05) is 161 Å². The number of hydrogen-bond acceptors (Lipinski definition) is 0. The van der Waals surface area contributed by atoms with Crippen LogP contribution in [0.5, 0.6) is 0 Å². The van der Waals surface area contributed by atoms with E-state index in [0.29, 0.717) is 0 Å². The molecular formula is C30H60. The maximum Gasteiger partial charge on any atom is -0.0348 e. The second kappa shape index (κ2) is 26.8. The van der Waals surface area contributed by atoms with E-state index in [0.717, 1.165) is 5.92 Å². The Hall–Kier alpha value is -0.260. The van der Waals surface area contributed by atoms with E-state index in [9.17, 15) is 0 Å². The summed E-state index contributed by atoms with van der Waals surface area (Å²) in [6.45, 7) is 7.05. The smallest absolute Gasteiger partial charge is 0.0348 e. The van der Waals surface area contributed by atoms with E-state index in [-0.39, 0.29) is 0 Å². The van der Waals surface area contributed by atoms with Gasteiger partial charge in [0.1, 0.15) is 0 Å². The van der Waals surface area contributed by atoms with Gasteiger partial charge in [0, 0.05) is 0 Å². The molecule has 0 aliphatic rings. The number of unbranched alkanes of at least 4 members (excludes halogenated alkanes) is 19. The van der Waals surface area contributed by atoms with Crippen LogP contribution in [0.4, 0.5) is 0 Å². The van der Waals surface area contributed by atoms with Crippen LogP contribution in [0.1, 0.15) is 175 Å². The van der Waals surface area contributed by atoms with Crippen molar-refractivity contribution in [3.05, 3.63) is 12.2 Å². The fourth-order valence-corrected chi connectivity index (χ4v) is 4.49. The summed E-state index contributed by atoms with van der Waals surface area (Å²) in [5, 5.41) is 0. The van der Waals surface area contributed by atoms with Gasteiger partial charge in [0.25, 0.3) is 0 Å². The molecule has 0 N–H and O–H groups in total. The SMILES string of the molecule is CCCCCCC=CCCC(C)CCCCCCCCCCCCCCCCCC. The van der Waals surface area contributed by atoms with Gasteiger partial charge in [-0.15, -0.1) is 0 Å². The lowest BCUT2D eigenvalue weighted by Crippen LogP contribution is -1.94. The highest BCUT2D eigenvalue weighted by Crippen LogP contribution is 2.18. The molecule has 0 nitrogen and oxygen atoms in total. The molecule has 0 aromatic rings. The summed E-state index contributed by atoms with van der Waals surface area (Å²) in [6, 6.07) is 0. The predicted octanol–water partition coefficient (Wildman–Crippen LogP) is 11.6. The average molecular weight is 421 g/mol. The van der Waals surface area contributed by atoms with Crippen molar-refractivity contribution in [3.63, 3.8) is 0 Å². The number of hydrogen-bond donors (Lipinski definition) is 0. The van der Waals surface area contributed by atoms with Gasteiger partial charge in [0.2, 0.25) is 0 Å². The van der Waals surface area contributed by atoms with Crippen molar-refractivity contribution < 1.29 is 0 Å². The van der Waals surface area contributed by atoms with E-state index in [1.807, 2.05) is 0 Å². The van der Waals surface area contributed by atoms with Crippen LogP contribution in [0, 0.1) is 5.92 Å². The molecule has 0 heteroatoms. The van der Waals surface area contributed by atoms with E-state index in [4.69, 9.17) is 0 Å². The molecule has 0 rings (SSSR count). The van der Waals surface area contributed by atoms with E-state index >= 15 is 0 Å². The van der Waals surface area contributed by atoms with Gasteiger partial charge in [-0.2, -0.15) is 0 Å². The highest BCUT2D eigenvalue weighted by atomic mass is 14.1. The van der Waals surface area contributed by atoms with E-state index in [2.05, 4.69) is 32.9 Å². The Kier molecular flexibility index (Phi) is 26.5. The molecule has 180 valence electrons. The summed E-state index contributed by atoms with van der Waals surface area (Å²) >= 11 is 0. The highest BCUT2D eigenvalue weighted by Gasteiger charge is 2.01. The third-order valence-electron chi connectivity index (χ3n) is 6.77. The summed E-state index contributed by atoms with van der Waals surface area (Å²) in [5.74, 6) is 0.918. The first-order valence-electron chi connectivity index (χ1n) is 14.5. The molecular weight excluding hydrogens is 360 g/mol. The van der Waals surface area contributed by atoms with Gasteiger partial charge in [-0.05, 0) is 31.6 Å². The summed E-state index contributed by atoms with van der Waals surface area (Å²) in [6.07, 6.45) is 39.4. The van der Waals surface area contributed by atoms with Gasteiger partial charge >= 0.3 is 0 Å². The lowest BCUT2D eigenvalue weighted by atomic mass is 9.97. The zero-order valence-electron chi connectivity index (χ0n) is 21.7. The van der Waals surface area contributed by atoms with E-state index < -0.39 is 0 Å². The minimum absolute atomic E-state index is 0.918. The standard InChI is InChI=1S/C30H60/c1-4-6-8-10-12-14-15-16-17-18-19-20-21-23-25-27-29-30(3)28-26-24-22-13-11-9-7-5-2/h22,24,30H,4-21,23,25-29H2,1-3H3. The molecule has 0 aliphatic carbocycles. The van der Waals surface area contributed by atoms with Crippen LogP contribution in [0.15, 0.2) is 12.2 Å². The fourth-order valence-electron chi connectivity index (χ4n) is 4.49. The quantitative estimate of drug-likeness (QED) is 0.102. The van der Waals surface area contributed by atoms with Crippen LogP contribution in [0.25, 0.3) is 0 Å². The van der Waals surface area contributed by atoms with Gasteiger partial charge in [0.05, 0.1) is 0 Å². The summed E-state index contributed by atoms with van der Waals surface area (Å²) in [7, 11) is 0. The Morgan fingerprint density at radius 2 is 0.767 bits per heavy atom. The zero-order chi connectivity index (χ0) is 22.0. The fraction of sp³-hybridized carbons (Fsp3) is 0.933. The minimum Gasteiger partial charge on any atom is -0.0885 e. The molecule has 1 atom stereocenters. The minimum atomic E-state index is 0.918. The predicted molar refractivity (Wildman–Crippen MR) is 140 cm³/mol. The van der Waals surface area contributed by atoms with Crippen molar-refractivity contribution in [2.45, 2.75) is 175 Å². The van der Waals surface area contributed by atoms with Crippen molar-refractivity contribution >= 4 is 0 Å². The van der Waals surface area contributed by atoms with Gasteiger partial charge < -0.3 is 0 Å². The van der Waals surface area contributed by atoms with Crippen LogP contribution < -0.4 is 0 Å². The van der Waals surface area contributed by atoms with Crippen molar-refractivity contribution in [3.8, 4) is 0 Å². The molecule has 30 heavy (non-hydrogen) atoms. The van der Waals surface area contributed by atoms with Crippen LogP contribution in [-0.4, -0.2) is 0 Å². The normalized spacial score (nSPS) is 12.8. The molecule has 0 aliphatic heterocycles. The second-order valence-corrected chi connectivity index (χ2v) is 10.1. The maximum absolute atomic E-state index is 2.46. The molecule has 0 bridgehead atoms. The molecule has 0 heterocycles. The molecule has 0 spiro atoms. The first-order valence-corrected chi connectivity index (χ1v) is 14.5. The maximum atomic E-state index is 2.46. The first kappa shape index (κ1) is 29.7. The van der Waals surface area contributed by atoms with Crippen molar-refractivity contribution in [2.24, 2.45) is 5.92 Å². The van der Waals surface area contributed by atoms with Crippen LogP contribution in [0.2, 0.25) is 0 Å². The Bertz CT molecular complexity index is 316. The molecule has 0 fully saturated rings. The zero-order valence-corrected chi connectivity index (χ0v) is 21.7. The van der Waals surface area contributed by atoms with Gasteiger partial charge in [-0.3, -0.25) is 0 Å². The Balaban J connectivity index is 3.16. The van der Waals surface area contributed by atoms with Gasteiger partial charge in [0.15, 0.2) is 0 Å². The van der Waals surface area contributed by atoms with Crippen LogP contribution >= 0.6 is 0 Å². The molecule has 0 saturated carbocycles. The molecule has 0 saturated heterocycles. The highest BCUT2D eigenvalue weighted by molar-refractivity contribution is 4.81. The number of allylic oxidation sites excluding steroid dienone is 2.